The van der Waals surface area contributed by atoms with Gasteiger partial charge in [0.2, 0.25) is 5.91 Å². The van der Waals surface area contributed by atoms with E-state index in [4.69, 9.17) is 10.5 Å². The topological polar surface area (TPSA) is 93.4 Å². The van der Waals surface area contributed by atoms with Crippen LogP contribution in [0.25, 0.3) is 0 Å². The Morgan fingerprint density at radius 1 is 1.17 bits per heavy atom. The van der Waals surface area contributed by atoms with E-state index in [1.54, 1.807) is 7.11 Å². The SMILES string of the molecule is COc1ccc(C(NCC(=O)Nc2sc3c(c2C(N)=O)CCCC3)C(C)C)cc1. The lowest BCUT2D eigenvalue weighted by molar-refractivity contribution is -0.115. The molecule has 1 heterocycles. The summed E-state index contributed by atoms with van der Waals surface area (Å²) >= 11 is 1.49. The largest absolute Gasteiger partial charge is 0.497 e. The van der Waals surface area contributed by atoms with Crippen molar-refractivity contribution in [3.8, 4) is 5.75 Å². The molecule has 1 unspecified atom stereocenters. The second-order valence-corrected chi connectivity index (χ2v) is 8.81. The number of carbonyl (C=O) groups excluding carboxylic acids is 2. The van der Waals surface area contributed by atoms with Gasteiger partial charge in [-0.25, -0.2) is 0 Å². The van der Waals surface area contributed by atoms with Gasteiger partial charge >= 0.3 is 0 Å². The molecular weight excluding hydrogens is 386 g/mol. The molecule has 0 saturated heterocycles. The fourth-order valence-electron chi connectivity index (χ4n) is 3.84. The van der Waals surface area contributed by atoms with Crippen LogP contribution in [-0.2, 0) is 17.6 Å². The first-order valence-electron chi connectivity index (χ1n) is 10.0. The number of methoxy groups -OCH3 is 1. The van der Waals surface area contributed by atoms with Crippen molar-refractivity contribution in [1.82, 2.24) is 5.32 Å². The summed E-state index contributed by atoms with van der Waals surface area (Å²) in [7, 11) is 1.64. The van der Waals surface area contributed by atoms with Gasteiger partial charge in [0, 0.05) is 10.9 Å². The third kappa shape index (κ3) is 4.97. The zero-order valence-corrected chi connectivity index (χ0v) is 18.0. The molecule has 4 N–H and O–H groups in total. The third-order valence-electron chi connectivity index (χ3n) is 5.29. The molecule has 1 aromatic carbocycles. The van der Waals surface area contributed by atoms with Crippen LogP contribution in [0.5, 0.6) is 5.75 Å². The Kier molecular flexibility index (Phi) is 6.92. The van der Waals surface area contributed by atoms with Crippen LogP contribution in [0.1, 0.15) is 59.1 Å². The number of hydrogen-bond donors (Lipinski definition) is 3. The van der Waals surface area contributed by atoms with Gasteiger partial charge in [0.15, 0.2) is 0 Å². The van der Waals surface area contributed by atoms with E-state index in [-0.39, 0.29) is 18.5 Å². The van der Waals surface area contributed by atoms with Crippen molar-refractivity contribution in [1.29, 1.82) is 0 Å². The molecule has 1 aliphatic rings. The minimum atomic E-state index is -0.467. The van der Waals surface area contributed by atoms with Crippen LogP contribution in [0.15, 0.2) is 24.3 Å². The van der Waals surface area contributed by atoms with Crippen molar-refractivity contribution in [2.45, 2.75) is 45.6 Å². The summed E-state index contributed by atoms with van der Waals surface area (Å²) in [6.45, 7) is 4.37. The first-order valence-corrected chi connectivity index (χ1v) is 10.8. The number of hydrogen-bond acceptors (Lipinski definition) is 5. The number of primary amides is 1. The van der Waals surface area contributed by atoms with Gasteiger partial charge in [0.25, 0.3) is 5.91 Å². The summed E-state index contributed by atoms with van der Waals surface area (Å²) in [6.07, 6.45) is 3.96. The molecule has 29 heavy (non-hydrogen) atoms. The van der Waals surface area contributed by atoms with Crippen LogP contribution >= 0.6 is 11.3 Å². The molecule has 2 amide bonds. The van der Waals surface area contributed by atoms with Gasteiger partial charge in [-0.2, -0.15) is 0 Å². The molecule has 0 radical (unpaired) electrons. The summed E-state index contributed by atoms with van der Waals surface area (Å²) in [5, 5.41) is 6.83. The molecule has 0 bridgehead atoms. The number of anilines is 1. The van der Waals surface area contributed by atoms with Crippen LogP contribution in [0.2, 0.25) is 0 Å². The highest BCUT2D eigenvalue weighted by molar-refractivity contribution is 7.17. The Balaban J connectivity index is 1.68. The number of benzene rings is 1. The molecular formula is C22H29N3O3S. The summed E-state index contributed by atoms with van der Waals surface area (Å²) in [6, 6.07) is 7.88. The number of aryl methyl sites for hydroxylation is 1. The molecule has 0 spiro atoms. The van der Waals surface area contributed by atoms with E-state index < -0.39 is 5.91 Å². The van der Waals surface area contributed by atoms with Crippen LogP contribution in [0, 0.1) is 5.92 Å². The highest BCUT2D eigenvalue weighted by atomic mass is 32.1. The third-order valence-corrected chi connectivity index (χ3v) is 6.50. The van der Waals surface area contributed by atoms with E-state index in [9.17, 15) is 9.59 Å². The molecule has 0 fully saturated rings. The Bertz CT molecular complexity index is 874. The van der Waals surface area contributed by atoms with Crippen LogP contribution < -0.4 is 21.1 Å². The molecule has 156 valence electrons. The number of thiophene rings is 1. The van der Waals surface area contributed by atoms with Gasteiger partial charge in [0.1, 0.15) is 10.8 Å². The predicted molar refractivity (Wildman–Crippen MR) is 117 cm³/mol. The van der Waals surface area contributed by atoms with Gasteiger partial charge in [0.05, 0.1) is 19.2 Å². The highest BCUT2D eigenvalue weighted by Crippen LogP contribution is 2.37. The molecule has 6 nitrogen and oxygen atoms in total. The molecule has 1 aliphatic carbocycles. The van der Waals surface area contributed by atoms with Gasteiger partial charge in [-0.15, -0.1) is 11.3 Å². The monoisotopic (exact) mass is 415 g/mol. The van der Waals surface area contributed by atoms with E-state index in [0.717, 1.165) is 42.6 Å². The van der Waals surface area contributed by atoms with Gasteiger partial charge in [-0.1, -0.05) is 26.0 Å². The quantitative estimate of drug-likeness (QED) is 0.613. The highest BCUT2D eigenvalue weighted by Gasteiger charge is 2.25. The Labute approximate surface area is 175 Å². The van der Waals surface area contributed by atoms with Gasteiger partial charge in [-0.05, 0) is 54.9 Å². The normalized spacial score (nSPS) is 14.3. The number of ether oxygens (including phenoxy) is 1. The standard InChI is InChI=1S/C22H29N3O3S/c1-13(2)20(14-8-10-15(28-3)11-9-14)24-12-18(26)25-22-19(21(23)27)16-6-4-5-7-17(16)29-22/h8-11,13,20,24H,4-7,12H2,1-3H3,(H2,23,27)(H,25,26). The maximum atomic E-state index is 12.6. The van der Waals surface area contributed by atoms with Crippen molar-refractivity contribution in [3.05, 3.63) is 45.8 Å². The summed E-state index contributed by atoms with van der Waals surface area (Å²) < 4.78 is 5.22. The second-order valence-electron chi connectivity index (χ2n) is 7.70. The maximum absolute atomic E-state index is 12.6. The number of nitrogens with two attached hydrogens (primary N) is 1. The van der Waals surface area contributed by atoms with Crippen molar-refractivity contribution >= 4 is 28.2 Å². The van der Waals surface area contributed by atoms with Crippen molar-refractivity contribution in [2.75, 3.05) is 19.0 Å². The lowest BCUT2D eigenvalue weighted by Crippen LogP contribution is -2.33. The van der Waals surface area contributed by atoms with Crippen LogP contribution in [0.4, 0.5) is 5.00 Å². The molecule has 7 heteroatoms. The molecule has 0 aliphatic heterocycles. The zero-order chi connectivity index (χ0) is 21.0. The van der Waals surface area contributed by atoms with Crippen molar-refractivity contribution in [3.63, 3.8) is 0 Å². The number of nitrogens with one attached hydrogen (secondary N) is 2. The fraction of sp³-hybridized carbons (Fsp3) is 0.455. The molecule has 3 rings (SSSR count). The average Bonchev–Trinajstić information content (AvgIpc) is 3.06. The summed E-state index contributed by atoms with van der Waals surface area (Å²) in [5.74, 6) is 0.456. The molecule has 0 saturated carbocycles. The Morgan fingerprint density at radius 2 is 1.86 bits per heavy atom. The number of fused-ring (bicyclic) bond motifs is 1. The maximum Gasteiger partial charge on any atom is 0.251 e. The average molecular weight is 416 g/mol. The van der Waals surface area contributed by atoms with Crippen LogP contribution in [0.3, 0.4) is 0 Å². The van der Waals surface area contributed by atoms with E-state index in [1.165, 1.54) is 16.2 Å². The number of carbonyl (C=O) groups is 2. The van der Waals surface area contributed by atoms with E-state index in [1.807, 2.05) is 24.3 Å². The summed E-state index contributed by atoms with van der Waals surface area (Å²) in [5.41, 5.74) is 8.22. The second kappa shape index (κ2) is 9.41. The lowest BCUT2D eigenvalue weighted by Gasteiger charge is -2.23. The molecule has 1 aromatic heterocycles. The fourth-order valence-corrected chi connectivity index (χ4v) is 5.15. The minimum Gasteiger partial charge on any atom is -0.497 e. The lowest BCUT2D eigenvalue weighted by atomic mass is 9.95. The van der Waals surface area contributed by atoms with Crippen molar-refractivity contribution < 1.29 is 14.3 Å². The first kappa shape index (κ1) is 21.3. The van der Waals surface area contributed by atoms with E-state index in [0.29, 0.717) is 16.5 Å². The smallest absolute Gasteiger partial charge is 0.251 e. The van der Waals surface area contributed by atoms with Gasteiger partial charge < -0.3 is 21.1 Å². The first-order chi connectivity index (χ1) is 13.9. The predicted octanol–water partition coefficient (Wildman–Crippen LogP) is 3.66. The number of rotatable bonds is 8. The van der Waals surface area contributed by atoms with E-state index in [2.05, 4.69) is 24.5 Å². The van der Waals surface area contributed by atoms with E-state index >= 15 is 0 Å². The Morgan fingerprint density at radius 3 is 2.48 bits per heavy atom. The van der Waals surface area contributed by atoms with Gasteiger partial charge in [-0.3, -0.25) is 9.59 Å². The number of amides is 2. The molecule has 2 aromatic rings. The van der Waals surface area contributed by atoms with Crippen molar-refractivity contribution in [2.24, 2.45) is 11.7 Å². The Hall–Kier alpha value is -2.38. The minimum absolute atomic E-state index is 0.0267. The summed E-state index contributed by atoms with van der Waals surface area (Å²) in [4.78, 5) is 25.8. The zero-order valence-electron chi connectivity index (χ0n) is 17.2. The molecule has 1 atom stereocenters. The van der Waals surface area contributed by atoms with Crippen LogP contribution in [-0.4, -0.2) is 25.5 Å².